The molecule has 0 saturated heterocycles. The number of aromatic nitrogens is 1. The van der Waals surface area contributed by atoms with Crippen molar-refractivity contribution < 1.29 is 19.5 Å². The highest BCUT2D eigenvalue weighted by molar-refractivity contribution is 5.97. The second-order valence-electron chi connectivity index (χ2n) is 5.57. The number of pyridine rings is 1. The molecule has 1 unspecified atom stereocenters. The fourth-order valence-electron chi connectivity index (χ4n) is 1.75. The Bertz CT molecular complexity index is 570. The van der Waals surface area contributed by atoms with Crippen LogP contribution in [0.25, 0.3) is 0 Å². The third kappa shape index (κ3) is 4.83. The molecular formula is C15H21N3O4. The number of carboxylic acid groups (broad SMARTS) is 1. The van der Waals surface area contributed by atoms with Gasteiger partial charge in [0.15, 0.2) is 0 Å². The third-order valence-corrected chi connectivity index (χ3v) is 2.85. The zero-order valence-corrected chi connectivity index (χ0v) is 13.1. The van der Waals surface area contributed by atoms with Gasteiger partial charge in [0.1, 0.15) is 17.4 Å². The highest BCUT2D eigenvalue weighted by Gasteiger charge is 2.24. The molecule has 120 valence electrons. The van der Waals surface area contributed by atoms with E-state index in [9.17, 15) is 14.4 Å². The molecule has 1 rings (SSSR count). The molecule has 0 bridgehead atoms. The molecule has 1 atom stereocenters. The van der Waals surface area contributed by atoms with Gasteiger partial charge in [-0.05, 0) is 31.9 Å². The van der Waals surface area contributed by atoms with E-state index in [-0.39, 0.29) is 29.3 Å². The van der Waals surface area contributed by atoms with Crippen LogP contribution in [0.15, 0.2) is 18.2 Å². The van der Waals surface area contributed by atoms with Crippen molar-refractivity contribution in [3.8, 4) is 0 Å². The SMILES string of the molecule is CC(C)NC(=O)c1cccc(C(=O)NC(C(=O)O)C(C)C)n1. The van der Waals surface area contributed by atoms with Crippen molar-refractivity contribution in [1.29, 1.82) is 0 Å². The largest absolute Gasteiger partial charge is 0.480 e. The highest BCUT2D eigenvalue weighted by Crippen LogP contribution is 2.05. The monoisotopic (exact) mass is 307 g/mol. The van der Waals surface area contributed by atoms with Gasteiger partial charge in [0.25, 0.3) is 11.8 Å². The Morgan fingerprint density at radius 2 is 1.50 bits per heavy atom. The quantitative estimate of drug-likeness (QED) is 0.728. The van der Waals surface area contributed by atoms with E-state index in [0.29, 0.717) is 0 Å². The van der Waals surface area contributed by atoms with Gasteiger partial charge < -0.3 is 15.7 Å². The summed E-state index contributed by atoms with van der Waals surface area (Å²) in [5, 5.41) is 14.2. The van der Waals surface area contributed by atoms with Crippen LogP contribution in [0.2, 0.25) is 0 Å². The molecule has 0 radical (unpaired) electrons. The van der Waals surface area contributed by atoms with Crippen LogP contribution in [0, 0.1) is 5.92 Å². The van der Waals surface area contributed by atoms with E-state index < -0.39 is 17.9 Å². The van der Waals surface area contributed by atoms with E-state index in [1.54, 1.807) is 13.8 Å². The summed E-state index contributed by atoms with van der Waals surface area (Å²) in [4.78, 5) is 39.0. The number of rotatable bonds is 6. The number of nitrogens with one attached hydrogen (secondary N) is 2. The summed E-state index contributed by atoms with van der Waals surface area (Å²) >= 11 is 0. The molecule has 0 saturated carbocycles. The summed E-state index contributed by atoms with van der Waals surface area (Å²) < 4.78 is 0. The van der Waals surface area contributed by atoms with Crippen LogP contribution < -0.4 is 10.6 Å². The molecule has 7 nitrogen and oxygen atoms in total. The van der Waals surface area contributed by atoms with E-state index in [0.717, 1.165) is 0 Å². The molecule has 0 spiro atoms. The number of carboxylic acids is 1. The van der Waals surface area contributed by atoms with Crippen LogP contribution in [-0.4, -0.2) is 40.0 Å². The molecule has 0 aromatic carbocycles. The van der Waals surface area contributed by atoms with Gasteiger partial charge in [-0.25, -0.2) is 9.78 Å². The number of aliphatic carboxylic acids is 1. The van der Waals surface area contributed by atoms with Crippen LogP contribution in [-0.2, 0) is 4.79 Å². The minimum Gasteiger partial charge on any atom is -0.480 e. The zero-order valence-electron chi connectivity index (χ0n) is 13.1. The number of nitrogens with zero attached hydrogens (tertiary/aromatic N) is 1. The van der Waals surface area contributed by atoms with Crippen molar-refractivity contribution in [3.63, 3.8) is 0 Å². The third-order valence-electron chi connectivity index (χ3n) is 2.85. The lowest BCUT2D eigenvalue weighted by Crippen LogP contribution is -2.44. The van der Waals surface area contributed by atoms with Crippen molar-refractivity contribution in [2.75, 3.05) is 0 Å². The molecule has 1 aromatic rings. The molecule has 0 aliphatic heterocycles. The first-order valence-corrected chi connectivity index (χ1v) is 7.04. The second-order valence-corrected chi connectivity index (χ2v) is 5.57. The maximum atomic E-state index is 12.1. The fraction of sp³-hybridized carbons (Fsp3) is 0.467. The minimum absolute atomic E-state index is 0.00306. The molecule has 7 heteroatoms. The summed E-state index contributed by atoms with van der Waals surface area (Å²) in [5.41, 5.74) is 0.112. The molecular weight excluding hydrogens is 286 g/mol. The Labute approximate surface area is 129 Å². The average molecular weight is 307 g/mol. The lowest BCUT2D eigenvalue weighted by Gasteiger charge is -2.17. The van der Waals surface area contributed by atoms with Gasteiger partial charge >= 0.3 is 5.97 Å². The summed E-state index contributed by atoms with van der Waals surface area (Å²) in [6.07, 6.45) is 0. The van der Waals surface area contributed by atoms with Gasteiger partial charge in [0.2, 0.25) is 0 Å². The molecule has 0 fully saturated rings. The second kappa shape index (κ2) is 7.53. The van der Waals surface area contributed by atoms with Crippen molar-refractivity contribution in [1.82, 2.24) is 15.6 Å². The van der Waals surface area contributed by atoms with Crippen molar-refractivity contribution in [2.45, 2.75) is 39.8 Å². The summed E-state index contributed by atoms with van der Waals surface area (Å²) in [5.74, 6) is -2.39. The Hall–Kier alpha value is -2.44. The van der Waals surface area contributed by atoms with Crippen molar-refractivity contribution >= 4 is 17.8 Å². The van der Waals surface area contributed by atoms with Crippen LogP contribution in [0.5, 0.6) is 0 Å². The molecule has 0 aliphatic carbocycles. The number of hydrogen-bond donors (Lipinski definition) is 3. The Morgan fingerprint density at radius 3 is 1.91 bits per heavy atom. The first-order chi connectivity index (χ1) is 10.2. The maximum absolute atomic E-state index is 12.1. The van der Waals surface area contributed by atoms with Gasteiger partial charge in [-0.2, -0.15) is 0 Å². The molecule has 1 aromatic heterocycles. The number of carbonyl (C=O) groups excluding carboxylic acids is 2. The average Bonchev–Trinajstić information content (AvgIpc) is 2.43. The van der Waals surface area contributed by atoms with E-state index >= 15 is 0 Å². The summed E-state index contributed by atoms with van der Waals surface area (Å²) in [6, 6.07) is 3.39. The van der Waals surface area contributed by atoms with Gasteiger partial charge in [-0.3, -0.25) is 9.59 Å². The molecule has 0 aliphatic rings. The first-order valence-electron chi connectivity index (χ1n) is 7.04. The Morgan fingerprint density at radius 1 is 1.00 bits per heavy atom. The fourth-order valence-corrected chi connectivity index (χ4v) is 1.75. The standard InChI is InChI=1S/C15H21N3O4/c1-8(2)12(15(21)22)18-14(20)11-7-5-6-10(17-11)13(19)16-9(3)4/h5-9,12H,1-4H3,(H,16,19)(H,18,20)(H,21,22). The highest BCUT2D eigenvalue weighted by atomic mass is 16.4. The smallest absolute Gasteiger partial charge is 0.326 e. The van der Waals surface area contributed by atoms with Gasteiger partial charge in [0, 0.05) is 6.04 Å². The normalized spacial score (nSPS) is 12.1. The van der Waals surface area contributed by atoms with Crippen LogP contribution in [0.4, 0.5) is 0 Å². The van der Waals surface area contributed by atoms with Gasteiger partial charge in [-0.1, -0.05) is 19.9 Å². The molecule has 1 heterocycles. The van der Waals surface area contributed by atoms with E-state index in [2.05, 4.69) is 15.6 Å². The van der Waals surface area contributed by atoms with Crippen LogP contribution >= 0.6 is 0 Å². The lowest BCUT2D eigenvalue weighted by molar-refractivity contribution is -0.140. The Kier molecular flexibility index (Phi) is 6.03. The lowest BCUT2D eigenvalue weighted by atomic mass is 10.0. The van der Waals surface area contributed by atoms with E-state index in [4.69, 9.17) is 5.11 Å². The van der Waals surface area contributed by atoms with Crippen molar-refractivity contribution in [2.24, 2.45) is 5.92 Å². The number of hydrogen-bond acceptors (Lipinski definition) is 4. The topological polar surface area (TPSA) is 108 Å². The molecule has 3 N–H and O–H groups in total. The van der Waals surface area contributed by atoms with Gasteiger partial charge in [-0.15, -0.1) is 0 Å². The maximum Gasteiger partial charge on any atom is 0.326 e. The summed E-state index contributed by atoms with van der Waals surface area (Å²) in [6.45, 7) is 7.01. The van der Waals surface area contributed by atoms with Gasteiger partial charge in [0.05, 0.1) is 0 Å². The van der Waals surface area contributed by atoms with E-state index in [1.165, 1.54) is 18.2 Å². The van der Waals surface area contributed by atoms with Crippen LogP contribution in [0.3, 0.4) is 0 Å². The Balaban J connectivity index is 2.91. The van der Waals surface area contributed by atoms with Crippen molar-refractivity contribution in [3.05, 3.63) is 29.6 Å². The van der Waals surface area contributed by atoms with E-state index in [1.807, 2.05) is 13.8 Å². The minimum atomic E-state index is -1.11. The first kappa shape index (κ1) is 17.6. The van der Waals surface area contributed by atoms with Crippen LogP contribution in [0.1, 0.15) is 48.7 Å². The summed E-state index contributed by atoms with van der Waals surface area (Å²) in [7, 11) is 0. The molecule has 22 heavy (non-hydrogen) atoms. The molecule has 2 amide bonds. The number of carbonyl (C=O) groups is 3. The predicted molar refractivity (Wildman–Crippen MR) is 80.6 cm³/mol. The predicted octanol–water partition coefficient (Wildman–Crippen LogP) is 1.06. The number of amides is 2. The zero-order chi connectivity index (χ0) is 16.9.